The molecule has 0 heterocycles. The Hall–Kier alpha value is -0.290. The van der Waals surface area contributed by atoms with E-state index in [9.17, 15) is 13.2 Å². The van der Waals surface area contributed by atoms with Gasteiger partial charge in [0.2, 0.25) is 0 Å². The molecule has 5 heteroatoms. The van der Waals surface area contributed by atoms with Crippen molar-refractivity contribution < 1.29 is 17.9 Å². The third-order valence-corrected chi connectivity index (χ3v) is 1.93. The Bertz CT molecular complexity index is 192. The lowest BCUT2D eigenvalue weighted by molar-refractivity contribution is -0.0852. The summed E-state index contributed by atoms with van der Waals surface area (Å²) in [6.07, 6.45) is -0.877. The van der Waals surface area contributed by atoms with Crippen molar-refractivity contribution in [2.24, 2.45) is 0 Å². The molecule has 0 saturated carbocycles. The molecule has 0 aliphatic carbocycles. The number of alkyl halides is 3. The van der Waals surface area contributed by atoms with Gasteiger partial charge in [-0.25, -0.2) is 13.2 Å². The van der Waals surface area contributed by atoms with E-state index in [0.29, 0.717) is 0 Å². The molecular formula is C11H22F3NO. The molecule has 0 fully saturated rings. The van der Waals surface area contributed by atoms with Crippen LogP contribution in [0.4, 0.5) is 13.2 Å². The summed E-state index contributed by atoms with van der Waals surface area (Å²) in [6, 6.07) is 0. The van der Waals surface area contributed by atoms with Crippen molar-refractivity contribution in [3.63, 3.8) is 0 Å². The van der Waals surface area contributed by atoms with E-state index >= 15 is 0 Å². The van der Waals surface area contributed by atoms with E-state index < -0.39 is 25.2 Å². The fourth-order valence-corrected chi connectivity index (χ4v) is 0.899. The fourth-order valence-electron chi connectivity index (χ4n) is 0.899. The van der Waals surface area contributed by atoms with Gasteiger partial charge in [-0.1, -0.05) is 6.92 Å². The van der Waals surface area contributed by atoms with Crippen LogP contribution in [-0.2, 0) is 4.74 Å². The summed E-state index contributed by atoms with van der Waals surface area (Å²) in [4.78, 5) is 0. The second kappa shape index (κ2) is 6.45. The molecule has 0 aromatic carbocycles. The van der Waals surface area contributed by atoms with Crippen LogP contribution in [0.3, 0.4) is 0 Å². The first-order valence-electron chi connectivity index (χ1n) is 5.51. The van der Waals surface area contributed by atoms with Gasteiger partial charge in [-0.2, -0.15) is 0 Å². The van der Waals surface area contributed by atoms with Crippen molar-refractivity contribution in [1.82, 2.24) is 5.32 Å². The molecule has 1 atom stereocenters. The van der Waals surface area contributed by atoms with Gasteiger partial charge >= 0.3 is 0 Å². The Balaban J connectivity index is 3.78. The molecular weight excluding hydrogens is 219 g/mol. The third kappa shape index (κ3) is 8.97. The maximum atomic E-state index is 13.2. The summed E-state index contributed by atoms with van der Waals surface area (Å²) >= 11 is 0. The van der Waals surface area contributed by atoms with Gasteiger partial charge in [0.25, 0.3) is 5.92 Å². The van der Waals surface area contributed by atoms with E-state index in [1.807, 2.05) is 0 Å². The summed E-state index contributed by atoms with van der Waals surface area (Å²) in [5, 5.41) is 2.69. The second-order valence-electron chi connectivity index (χ2n) is 4.98. The number of nitrogens with one attached hydrogen (secondary N) is 1. The maximum absolute atomic E-state index is 13.2. The van der Waals surface area contributed by atoms with Crippen LogP contribution >= 0.6 is 0 Å². The minimum atomic E-state index is -2.96. The number of hydrogen-bond acceptors (Lipinski definition) is 2. The maximum Gasteiger partial charge on any atom is 0.283 e. The summed E-state index contributed by atoms with van der Waals surface area (Å²) in [7, 11) is 0. The van der Waals surface area contributed by atoms with Crippen molar-refractivity contribution in [1.29, 1.82) is 0 Å². The predicted molar refractivity (Wildman–Crippen MR) is 58.7 cm³/mol. The lowest BCUT2D eigenvalue weighted by Crippen LogP contribution is -2.45. The molecule has 2 nitrogen and oxygen atoms in total. The number of ether oxygens (including phenoxy) is 1. The lowest BCUT2D eigenvalue weighted by atomic mass is 10.1. The van der Waals surface area contributed by atoms with E-state index in [1.54, 1.807) is 27.7 Å². The zero-order valence-corrected chi connectivity index (χ0v) is 10.4. The summed E-state index contributed by atoms with van der Waals surface area (Å²) in [5.41, 5.74) is -0.366. The molecule has 0 aliphatic rings. The Morgan fingerprint density at radius 1 is 1.25 bits per heavy atom. The average Bonchev–Trinajstić information content (AvgIpc) is 2.13. The average molecular weight is 241 g/mol. The standard InChI is InChI=1S/C11H22F3NO/c1-5-9(12)6-16-8-11(13,14)7-15-10(2,3)4/h9,15H,5-8H2,1-4H3. The summed E-state index contributed by atoms with van der Waals surface area (Å²) in [6.45, 7) is 5.60. The van der Waals surface area contributed by atoms with Gasteiger partial charge in [0.05, 0.1) is 13.2 Å². The zero-order chi connectivity index (χ0) is 12.8. The first-order valence-corrected chi connectivity index (χ1v) is 5.51. The van der Waals surface area contributed by atoms with Gasteiger partial charge in [0, 0.05) is 5.54 Å². The highest BCUT2D eigenvalue weighted by Crippen LogP contribution is 2.14. The minimum absolute atomic E-state index is 0.262. The summed E-state index contributed by atoms with van der Waals surface area (Å²) in [5.74, 6) is -2.96. The monoisotopic (exact) mass is 241 g/mol. The highest BCUT2D eigenvalue weighted by molar-refractivity contribution is 4.77. The normalized spacial score (nSPS) is 15.2. The Morgan fingerprint density at radius 3 is 2.25 bits per heavy atom. The van der Waals surface area contributed by atoms with Gasteiger partial charge < -0.3 is 10.1 Å². The van der Waals surface area contributed by atoms with E-state index in [1.165, 1.54) is 0 Å². The number of rotatable bonds is 7. The SMILES string of the molecule is CCC(F)COCC(F)(F)CNC(C)(C)C. The van der Waals surface area contributed by atoms with E-state index in [4.69, 9.17) is 0 Å². The van der Waals surface area contributed by atoms with Gasteiger partial charge in [-0.3, -0.25) is 0 Å². The first-order chi connectivity index (χ1) is 7.16. The number of halogens is 3. The van der Waals surface area contributed by atoms with Crippen molar-refractivity contribution in [2.75, 3.05) is 19.8 Å². The van der Waals surface area contributed by atoms with Crippen molar-refractivity contribution in [3.8, 4) is 0 Å². The van der Waals surface area contributed by atoms with E-state index in [0.717, 1.165) is 0 Å². The van der Waals surface area contributed by atoms with E-state index in [-0.39, 0.29) is 18.6 Å². The van der Waals surface area contributed by atoms with Crippen LogP contribution < -0.4 is 5.32 Å². The molecule has 0 rings (SSSR count). The molecule has 0 amide bonds. The second-order valence-corrected chi connectivity index (χ2v) is 4.98. The molecule has 1 unspecified atom stereocenters. The molecule has 0 saturated heterocycles. The minimum Gasteiger partial charge on any atom is -0.372 e. The van der Waals surface area contributed by atoms with Crippen LogP contribution in [0.5, 0.6) is 0 Å². The van der Waals surface area contributed by atoms with E-state index in [2.05, 4.69) is 10.1 Å². The fraction of sp³-hybridized carbons (Fsp3) is 1.00. The molecule has 16 heavy (non-hydrogen) atoms. The van der Waals surface area contributed by atoms with Gasteiger partial charge in [-0.05, 0) is 27.2 Å². The molecule has 0 bridgehead atoms. The summed E-state index contributed by atoms with van der Waals surface area (Å²) < 4.78 is 43.7. The lowest BCUT2D eigenvalue weighted by Gasteiger charge is -2.25. The van der Waals surface area contributed by atoms with Crippen LogP contribution in [-0.4, -0.2) is 37.4 Å². The Kier molecular flexibility index (Phi) is 6.33. The van der Waals surface area contributed by atoms with Crippen molar-refractivity contribution >= 4 is 0 Å². The molecule has 0 radical (unpaired) electrons. The highest BCUT2D eigenvalue weighted by Gasteiger charge is 2.30. The molecule has 0 aromatic rings. The molecule has 0 aliphatic heterocycles. The molecule has 0 spiro atoms. The smallest absolute Gasteiger partial charge is 0.283 e. The quantitative estimate of drug-likeness (QED) is 0.740. The molecule has 0 aromatic heterocycles. The molecule has 1 N–H and O–H groups in total. The molecule has 98 valence electrons. The van der Waals surface area contributed by atoms with Crippen LogP contribution in [0, 0.1) is 0 Å². The van der Waals surface area contributed by atoms with Gasteiger partial charge in [0.1, 0.15) is 12.8 Å². The largest absolute Gasteiger partial charge is 0.372 e. The Labute approximate surface area is 95.5 Å². The van der Waals surface area contributed by atoms with Crippen molar-refractivity contribution in [2.45, 2.75) is 51.7 Å². The third-order valence-electron chi connectivity index (χ3n) is 1.93. The predicted octanol–water partition coefficient (Wildman–Crippen LogP) is 2.77. The van der Waals surface area contributed by atoms with Gasteiger partial charge in [-0.15, -0.1) is 0 Å². The zero-order valence-electron chi connectivity index (χ0n) is 10.4. The van der Waals surface area contributed by atoms with Crippen LogP contribution in [0.1, 0.15) is 34.1 Å². The van der Waals surface area contributed by atoms with Crippen LogP contribution in [0.2, 0.25) is 0 Å². The topological polar surface area (TPSA) is 21.3 Å². The van der Waals surface area contributed by atoms with Crippen LogP contribution in [0.15, 0.2) is 0 Å². The van der Waals surface area contributed by atoms with Crippen LogP contribution in [0.25, 0.3) is 0 Å². The number of hydrogen-bond donors (Lipinski definition) is 1. The van der Waals surface area contributed by atoms with Gasteiger partial charge in [0.15, 0.2) is 0 Å². The first kappa shape index (κ1) is 15.7. The highest BCUT2D eigenvalue weighted by atomic mass is 19.3. The van der Waals surface area contributed by atoms with Crippen molar-refractivity contribution in [3.05, 3.63) is 0 Å². The Morgan fingerprint density at radius 2 is 1.81 bits per heavy atom.